The molecule has 1 saturated carbocycles. The molecule has 0 aromatic carbocycles. The summed E-state index contributed by atoms with van der Waals surface area (Å²) in [7, 11) is -0.730. The van der Waals surface area contributed by atoms with Gasteiger partial charge in [0.25, 0.3) is 0 Å². The van der Waals surface area contributed by atoms with Crippen LogP contribution in [0.2, 0.25) is 0 Å². The highest BCUT2D eigenvalue weighted by atomic mass is 32.2. The Labute approximate surface area is 111 Å². The molecule has 0 radical (unpaired) electrons. The Morgan fingerprint density at radius 2 is 1.89 bits per heavy atom. The maximum Gasteiger partial charge on any atom is 0.147 e. The molecule has 0 aliphatic heterocycles. The first-order valence-corrected chi connectivity index (χ1v) is 8.73. The molecule has 104 valence electrons. The molecule has 0 saturated heterocycles. The molecule has 5 heteroatoms. The molecule has 0 heterocycles. The number of rotatable bonds is 6. The van der Waals surface area contributed by atoms with E-state index in [9.17, 15) is 8.42 Å². The quantitative estimate of drug-likeness (QED) is 0.740. The zero-order valence-electron chi connectivity index (χ0n) is 11.4. The van der Waals surface area contributed by atoms with Gasteiger partial charge in [0.2, 0.25) is 0 Å². The highest BCUT2D eigenvalue weighted by molar-refractivity contribution is 7.90. The molecule has 1 aliphatic carbocycles. The molecular weight excluding hydrogens is 248 g/mol. The predicted molar refractivity (Wildman–Crippen MR) is 72.9 cm³/mol. The van der Waals surface area contributed by atoms with Gasteiger partial charge in [0.15, 0.2) is 0 Å². The maximum absolute atomic E-state index is 11.1. The van der Waals surface area contributed by atoms with Gasteiger partial charge in [0, 0.05) is 25.3 Å². The molecule has 1 aliphatic rings. The second-order valence-electron chi connectivity index (χ2n) is 5.48. The molecule has 0 unspecified atom stereocenters. The van der Waals surface area contributed by atoms with Crippen LogP contribution >= 0.6 is 0 Å². The molecular formula is C13H24N2O2S. The van der Waals surface area contributed by atoms with E-state index in [-0.39, 0.29) is 0 Å². The third kappa shape index (κ3) is 5.83. The summed E-state index contributed by atoms with van der Waals surface area (Å²) in [6.07, 6.45) is 7.23. The summed E-state index contributed by atoms with van der Waals surface area (Å²) in [4.78, 5) is 2.27. The minimum absolute atomic E-state index is 0.326. The Kier molecular flexibility index (Phi) is 6.10. The van der Waals surface area contributed by atoms with Crippen LogP contribution in [-0.4, -0.2) is 45.0 Å². The second kappa shape index (κ2) is 7.10. The molecule has 0 N–H and O–H groups in total. The summed E-state index contributed by atoms with van der Waals surface area (Å²) in [5.41, 5.74) is 0. The molecule has 18 heavy (non-hydrogen) atoms. The monoisotopic (exact) mass is 272 g/mol. The van der Waals surface area contributed by atoms with Crippen LogP contribution in [0.4, 0.5) is 0 Å². The zero-order valence-corrected chi connectivity index (χ0v) is 12.2. The first kappa shape index (κ1) is 15.5. The van der Waals surface area contributed by atoms with Gasteiger partial charge in [-0.3, -0.25) is 0 Å². The van der Waals surface area contributed by atoms with Crippen LogP contribution < -0.4 is 0 Å². The average Bonchev–Trinajstić information content (AvgIpc) is 2.33. The van der Waals surface area contributed by atoms with Gasteiger partial charge in [-0.15, -0.1) is 0 Å². The average molecular weight is 272 g/mol. The predicted octanol–water partition coefficient (Wildman–Crippen LogP) is 1.83. The van der Waals surface area contributed by atoms with E-state index in [4.69, 9.17) is 5.26 Å². The van der Waals surface area contributed by atoms with Crippen molar-refractivity contribution >= 4 is 9.84 Å². The van der Waals surface area contributed by atoms with E-state index in [1.165, 1.54) is 6.26 Å². The molecule has 0 aromatic heterocycles. The number of hydrogen-bond acceptors (Lipinski definition) is 4. The van der Waals surface area contributed by atoms with E-state index >= 15 is 0 Å². The Balaban J connectivity index is 2.26. The summed E-state index contributed by atoms with van der Waals surface area (Å²) in [5.74, 6) is 0.896. The third-order valence-corrected chi connectivity index (χ3v) is 4.89. The lowest BCUT2D eigenvalue weighted by Crippen LogP contribution is -2.36. The van der Waals surface area contributed by atoms with Gasteiger partial charge in [-0.05, 0) is 45.1 Å². The van der Waals surface area contributed by atoms with Crippen LogP contribution in [0.5, 0.6) is 0 Å². The normalized spacial score (nSPS) is 25.0. The molecule has 0 bridgehead atoms. The number of nitrogens with zero attached hydrogens (tertiary/aromatic N) is 2. The summed E-state index contributed by atoms with van der Waals surface area (Å²) >= 11 is 0. The summed E-state index contributed by atoms with van der Waals surface area (Å²) in [6.45, 7) is 0.842. The van der Waals surface area contributed by atoms with Crippen molar-refractivity contribution in [1.29, 1.82) is 5.26 Å². The minimum atomic E-state index is -2.81. The van der Waals surface area contributed by atoms with Gasteiger partial charge >= 0.3 is 0 Å². The highest BCUT2D eigenvalue weighted by Crippen LogP contribution is 2.29. The Hall–Kier alpha value is -0.600. The maximum atomic E-state index is 11.1. The molecule has 4 nitrogen and oxygen atoms in total. The van der Waals surface area contributed by atoms with Gasteiger partial charge in [-0.1, -0.05) is 0 Å². The number of sulfone groups is 1. The number of nitriles is 1. The van der Waals surface area contributed by atoms with Crippen molar-refractivity contribution in [1.82, 2.24) is 4.90 Å². The van der Waals surface area contributed by atoms with Crippen LogP contribution in [0.3, 0.4) is 0 Å². The van der Waals surface area contributed by atoms with E-state index in [1.54, 1.807) is 0 Å². The van der Waals surface area contributed by atoms with Gasteiger partial charge in [-0.2, -0.15) is 5.26 Å². The first-order valence-electron chi connectivity index (χ1n) is 6.67. The molecule has 1 rings (SSSR count). The van der Waals surface area contributed by atoms with Gasteiger partial charge < -0.3 is 4.90 Å². The number of hydrogen-bond donors (Lipinski definition) is 0. The van der Waals surface area contributed by atoms with Crippen LogP contribution in [0.15, 0.2) is 0 Å². The Morgan fingerprint density at radius 3 is 2.39 bits per heavy atom. The van der Waals surface area contributed by atoms with Crippen molar-refractivity contribution in [2.75, 3.05) is 25.6 Å². The van der Waals surface area contributed by atoms with Crippen molar-refractivity contribution in [2.45, 2.75) is 44.6 Å². The topological polar surface area (TPSA) is 61.2 Å². The van der Waals surface area contributed by atoms with E-state index in [0.29, 0.717) is 24.1 Å². The fourth-order valence-electron chi connectivity index (χ4n) is 2.66. The van der Waals surface area contributed by atoms with E-state index in [2.05, 4.69) is 18.0 Å². The van der Waals surface area contributed by atoms with E-state index in [1.807, 2.05) is 0 Å². The fourth-order valence-corrected chi connectivity index (χ4v) is 3.43. The molecule has 0 atom stereocenters. The van der Waals surface area contributed by atoms with Crippen molar-refractivity contribution in [3.05, 3.63) is 0 Å². The zero-order chi connectivity index (χ0) is 13.6. The molecule has 1 fully saturated rings. The van der Waals surface area contributed by atoms with Crippen LogP contribution in [0.1, 0.15) is 38.5 Å². The van der Waals surface area contributed by atoms with E-state index < -0.39 is 9.84 Å². The summed E-state index contributed by atoms with van der Waals surface area (Å²) in [6, 6.07) is 2.75. The van der Waals surface area contributed by atoms with Gasteiger partial charge in [-0.25, -0.2) is 8.42 Å². The lowest BCUT2D eigenvalue weighted by atomic mass is 9.84. The lowest BCUT2D eigenvalue weighted by Gasteiger charge is -2.34. The van der Waals surface area contributed by atoms with Gasteiger partial charge in [0.05, 0.1) is 11.8 Å². The second-order valence-corrected chi connectivity index (χ2v) is 7.74. The third-order valence-electron chi connectivity index (χ3n) is 3.91. The van der Waals surface area contributed by atoms with E-state index in [0.717, 1.165) is 38.6 Å². The molecule has 0 aromatic rings. The Morgan fingerprint density at radius 1 is 1.28 bits per heavy atom. The SMILES string of the molecule is CN(CCC#N)[C@H]1CC[C@H](CCS(C)(=O)=O)CC1. The highest BCUT2D eigenvalue weighted by Gasteiger charge is 2.24. The van der Waals surface area contributed by atoms with Crippen LogP contribution in [0.25, 0.3) is 0 Å². The lowest BCUT2D eigenvalue weighted by molar-refractivity contribution is 0.166. The minimum Gasteiger partial charge on any atom is -0.302 e. The largest absolute Gasteiger partial charge is 0.302 e. The molecule has 0 amide bonds. The van der Waals surface area contributed by atoms with Crippen molar-refractivity contribution in [3.63, 3.8) is 0 Å². The van der Waals surface area contributed by atoms with Crippen molar-refractivity contribution in [2.24, 2.45) is 5.92 Å². The fraction of sp³-hybridized carbons (Fsp3) is 0.923. The Bertz CT molecular complexity index is 378. The van der Waals surface area contributed by atoms with Crippen molar-refractivity contribution in [3.8, 4) is 6.07 Å². The van der Waals surface area contributed by atoms with Crippen molar-refractivity contribution < 1.29 is 8.42 Å². The van der Waals surface area contributed by atoms with Crippen LogP contribution in [-0.2, 0) is 9.84 Å². The summed E-state index contributed by atoms with van der Waals surface area (Å²) < 4.78 is 22.3. The molecule has 0 spiro atoms. The van der Waals surface area contributed by atoms with Crippen LogP contribution in [0, 0.1) is 17.2 Å². The smallest absolute Gasteiger partial charge is 0.147 e. The summed E-state index contributed by atoms with van der Waals surface area (Å²) in [5, 5.41) is 8.57. The standard InChI is InChI=1S/C13H24N2O2S/c1-15(10-3-9-14)13-6-4-12(5-7-13)8-11-18(2,16)17/h12-13H,3-8,10-11H2,1-2H3/t12-,13-. The van der Waals surface area contributed by atoms with Gasteiger partial charge in [0.1, 0.15) is 9.84 Å². The first-order chi connectivity index (χ1) is 8.42.